The SMILES string of the molecule is C.C.C.C=CCC1c2c(ccc(OC)c2OC)C(CC)=C2c3cc4c(cc3CCN21)OCO4.C=C[CH2-].CCc1c2[n+](cc3c(OC)c(OC)ccc13)CCc1cc3c(cc1-2)OCO3.[Cl-].[I-].[Mg+2]. The average molecular weight is 1050 g/mol. The van der Waals surface area contributed by atoms with Crippen LogP contribution in [0.5, 0.6) is 46.0 Å². The number of benzene rings is 4. The molecule has 1 unspecified atom stereocenters. The summed E-state index contributed by atoms with van der Waals surface area (Å²) in [6.45, 7) is 17.4. The molecule has 10 rings (SSSR count). The first-order chi connectivity index (χ1) is 29.4. The Balaban J connectivity index is 0.000000396. The first-order valence-electron chi connectivity index (χ1n) is 20.6. The summed E-state index contributed by atoms with van der Waals surface area (Å²) >= 11 is 0. The van der Waals surface area contributed by atoms with Crippen LogP contribution in [0.3, 0.4) is 0 Å². The number of aromatic nitrogens is 1. The number of methoxy groups -OCH3 is 4. The Morgan fingerprint density at radius 3 is 1.82 bits per heavy atom. The van der Waals surface area contributed by atoms with Gasteiger partial charge in [0.05, 0.1) is 45.4 Å². The maximum absolute atomic E-state index is 5.87. The maximum Gasteiger partial charge on any atom is 2.00 e. The average Bonchev–Trinajstić information content (AvgIpc) is 3.95. The summed E-state index contributed by atoms with van der Waals surface area (Å²) in [6, 6.07) is 17.0. The van der Waals surface area contributed by atoms with Crippen LogP contribution in [0, 0.1) is 6.92 Å². The zero-order valence-corrected chi connectivity index (χ0v) is 41.4. The summed E-state index contributed by atoms with van der Waals surface area (Å²) in [6.07, 6.45) is 10.3. The molecule has 10 nitrogen and oxygen atoms in total. The number of allylic oxidation sites excluding steroid dienone is 2. The summed E-state index contributed by atoms with van der Waals surface area (Å²) in [7, 11) is 6.79. The molecule has 5 aromatic rings. The van der Waals surface area contributed by atoms with Crippen LogP contribution >= 0.6 is 0 Å². The van der Waals surface area contributed by atoms with E-state index in [0.717, 1.165) is 96.6 Å². The van der Waals surface area contributed by atoms with Gasteiger partial charge in [-0.25, -0.2) is 19.6 Å². The molecule has 6 heterocycles. The second-order valence-electron chi connectivity index (χ2n) is 15.0. The number of hydrogen-bond donors (Lipinski definition) is 0. The molecule has 0 amide bonds. The van der Waals surface area contributed by atoms with Crippen LogP contribution in [-0.2, 0) is 25.8 Å². The van der Waals surface area contributed by atoms with Crippen molar-refractivity contribution in [2.24, 2.45) is 0 Å². The first kappa shape index (κ1) is 57.5. The van der Waals surface area contributed by atoms with Crippen LogP contribution in [0.2, 0.25) is 0 Å². The fourth-order valence-corrected chi connectivity index (χ4v) is 9.52. The summed E-state index contributed by atoms with van der Waals surface area (Å²) in [4.78, 5) is 2.52. The Kier molecular flexibility index (Phi) is 21.7. The number of fused-ring (bicyclic) bond motifs is 10. The number of rotatable bonds is 8. The topological polar surface area (TPSA) is 81.0 Å². The van der Waals surface area contributed by atoms with E-state index in [0.29, 0.717) is 13.6 Å². The van der Waals surface area contributed by atoms with Crippen molar-refractivity contribution in [3.8, 4) is 57.3 Å². The van der Waals surface area contributed by atoms with E-state index in [-0.39, 0.29) is 87.8 Å². The van der Waals surface area contributed by atoms with Crippen LogP contribution < -0.4 is 78.8 Å². The Labute approximate surface area is 432 Å². The fraction of sp³-hybridized carbons (Fsp3) is 0.358. The van der Waals surface area contributed by atoms with Crippen molar-refractivity contribution in [2.45, 2.75) is 80.8 Å². The van der Waals surface area contributed by atoms with Crippen LogP contribution in [0.4, 0.5) is 0 Å². The number of nitrogens with zero attached hydrogens (tertiary/aromatic N) is 2. The molecule has 0 saturated heterocycles. The Hall–Kier alpha value is -4.63. The van der Waals surface area contributed by atoms with E-state index in [4.69, 9.17) is 37.9 Å². The molecule has 0 bridgehead atoms. The van der Waals surface area contributed by atoms with Crippen LogP contribution in [0.25, 0.3) is 33.3 Å². The number of pyridine rings is 1. The molecule has 0 saturated carbocycles. The molecule has 66 heavy (non-hydrogen) atoms. The smallest absolute Gasteiger partial charge is 1.00 e. The monoisotopic (exact) mass is 1040 g/mol. The van der Waals surface area contributed by atoms with Gasteiger partial charge in [0.1, 0.15) is 0 Å². The maximum atomic E-state index is 5.87. The molecule has 4 aromatic carbocycles. The van der Waals surface area contributed by atoms with Gasteiger partial charge in [-0.05, 0) is 90.4 Å². The largest absolute Gasteiger partial charge is 2.00 e. The quantitative estimate of drug-likeness (QED) is 0.0669. The second kappa shape index (κ2) is 24.9. The van der Waals surface area contributed by atoms with Gasteiger partial charge in [-0.15, -0.1) is 6.58 Å². The Morgan fingerprint density at radius 2 is 1.27 bits per heavy atom. The van der Waals surface area contributed by atoms with Gasteiger partial charge in [0.15, 0.2) is 58.7 Å². The first-order valence-corrected chi connectivity index (χ1v) is 20.6. The molecule has 0 spiro atoms. The van der Waals surface area contributed by atoms with Crippen LogP contribution in [0.15, 0.2) is 80.0 Å². The van der Waals surface area contributed by atoms with Gasteiger partial charge in [-0.3, -0.25) is 0 Å². The molecular formula is C53H66ClIMgN2O8. The molecule has 1 aromatic heterocycles. The van der Waals surface area contributed by atoms with E-state index >= 15 is 0 Å². The zero-order chi connectivity index (χ0) is 42.1. The molecule has 352 valence electrons. The fourth-order valence-electron chi connectivity index (χ4n) is 9.52. The molecule has 5 aliphatic heterocycles. The molecule has 0 fully saturated rings. The van der Waals surface area contributed by atoms with Crippen molar-refractivity contribution in [3.63, 3.8) is 0 Å². The summed E-state index contributed by atoms with van der Waals surface area (Å²) < 4.78 is 47.6. The number of hydrogen-bond acceptors (Lipinski definition) is 9. The van der Waals surface area contributed by atoms with E-state index in [2.05, 4.69) is 86.0 Å². The van der Waals surface area contributed by atoms with Gasteiger partial charge in [0.2, 0.25) is 19.3 Å². The standard InChI is InChI=1S/C25H27NO4.C22H22NO4.C3H5.3CH4.ClH.HI.Mg/c1-5-7-19-23-17(8-9-20(27-3)25(23)28-4)16(6-2)24-18-13-22-21(29-14-30-22)12-15(18)10-11-26(19)24;1-4-14-15-5-6-18(24-2)22(25-3)17(15)11-23-8-7-13-9-19-20(27-12-26-19)10-16(13)21(14)23;1-3-2;;;;;;/h5,8-9,12-13,19H,1,6-7,10-11,14H2,2-4H3;5-6,9-11H,4,7-8,12H2,1-3H3;3H,1-2H2;3*1H4;2*1H;/q;+1;-1;;;;;;+2/p-2. The van der Waals surface area contributed by atoms with Crippen molar-refractivity contribution in [1.82, 2.24) is 4.90 Å². The van der Waals surface area contributed by atoms with Gasteiger partial charge >= 0.3 is 23.1 Å². The Bertz CT molecular complexity index is 2550. The van der Waals surface area contributed by atoms with Crippen LogP contribution in [0.1, 0.15) is 88.4 Å². The minimum absolute atomic E-state index is 0. The number of ether oxygens (including phenoxy) is 8. The second-order valence-corrected chi connectivity index (χ2v) is 15.0. The third-order valence-corrected chi connectivity index (χ3v) is 12.0. The molecule has 1 atom stereocenters. The number of halogens is 2. The molecule has 13 heteroatoms. The predicted molar refractivity (Wildman–Crippen MR) is 261 cm³/mol. The van der Waals surface area contributed by atoms with Crippen molar-refractivity contribution in [2.75, 3.05) is 48.6 Å². The van der Waals surface area contributed by atoms with E-state index in [1.807, 2.05) is 18.2 Å². The van der Waals surface area contributed by atoms with Crippen molar-refractivity contribution >= 4 is 45.1 Å². The molecular weight excluding hydrogens is 979 g/mol. The van der Waals surface area contributed by atoms with Gasteiger partial charge in [0, 0.05) is 40.7 Å². The zero-order valence-electron chi connectivity index (χ0n) is 37.0. The molecule has 5 aliphatic rings. The minimum atomic E-state index is 0. The molecule has 0 radical (unpaired) electrons. The van der Waals surface area contributed by atoms with E-state index in [1.54, 1.807) is 28.4 Å². The normalized spacial score (nSPS) is 14.3. The predicted octanol–water partition coefficient (Wildman–Crippen LogP) is 5.40. The summed E-state index contributed by atoms with van der Waals surface area (Å²) in [5.41, 5.74) is 12.7. The van der Waals surface area contributed by atoms with Crippen molar-refractivity contribution in [3.05, 3.63) is 120 Å². The van der Waals surface area contributed by atoms with E-state index in [9.17, 15) is 0 Å². The summed E-state index contributed by atoms with van der Waals surface area (Å²) in [5, 5.41) is 2.29. The van der Waals surface area contributed by atoms with Gasteiger partial charge < -0.3 is 79.2 Å². The van der Waals surface area contributed by atoms with Crippen molar-refractivity contribution < 1.29 is 78.8 Å². The van der Waals surface area contributed by atoms with Crippen molar-refractivity contribution in [1.29, 1.82) is 0 Å². The van der Waals surface area contributed by atoms with E-state index in [1.165, 1.54) is 67.4 Å². The third kappa shape index (κ3) is 9.98. The minimum Gasteiger partial charge on any atom is -1.00 e. The summed E-state index contributed by atoms with van der Waals surface area (Å²) in [5.74, 6) is 6.50. The molecule has 0 aliphatic carbocycles. The third-order valence-electron chi connectivity index (χ3n) is 12.0. The number of aryl methyl sites for hydroxylation is 3. The van der Waals surface area contributed by atoms with Gasteiger partial charge in [-0.2, -0.15) is 4.57 Å². The molecule has 0 N–H and O–H groups in total. The van der Waals surface area contributed by atoms with Gasteiger partial charge in [0.25, 0.3) is 0 Å². The van der Waals surface area contributed by atoms with Gasteiger partial charge in [-0.1, -0.05) is 48.3 Å². The van der Waals surface area contributed by atoms with E-state index < -0.39 is 0 Å². The Morgan fingerprint density at radius 1 is 0.727 bits per heavy atom. The van der Waals surface area contributed by atoms with Crippen LogP contribution in [-0.4, -0.2) is 76.5 Å².